The van der Waals surface area contributed by atoms with Crippen molar-refractivity contribution in [2.75, 3.05) is 25.4 Å². The molecule has 0 bridgehead atoms. The van der Waals surface area contributed by atoms with Crippen LogP contribution in [0.15, 0.2) is 22.7 Å². The van der Waals surface area contributed by atoms with E-state index in [2.05, 4.69) is 21.2 Å². The van der Waals surface area contributed by atoms with Crippen molar-refractivity contribution in [3.63, 3.8) is 0 Å². The number of halogens is 1. The predicted molar refractivity (Wildman–Crippen MR) is 101 cm³/mol. The fraction of sp³-hybridized carbons (Fsp3) is 0.556. The van der Waals surface area contributed by atoms with E-state index >= 15 is 0 Å². The number of nitrogens with two attached hydrogens (primary N) is 1. The molecular weight excluding hydrogens is 386 g/mol. The van der Waals surface area contributed by atoms with E-state index in [1.165, 1.54) is 0 Å². The summed E-state index contributed by atoms with van der Waals surface area (Å²) in [6.45, 7) is 7.35. The van der Waals surface area contributed by atoms with E-state index in [0.717, 1.165) is 17.3 Å². The highest BCUT2D eigenvalue weighted by atomic mass is 79.9. The van der Waals surface area contributed by atoms with Crippen molar-refractivity contribution in [3.05, 3.63) is 28.2 Å². The molecule has 1 atom stereocenters. The number of carbonyl (C=O) groups is 2. The third-order valence-electron chi connectivity index (χ3n) is 3.98. The lowest BCUT2D eigenvalue weighted by atomic mass is 9.98. The number of amides is 2. The van der Waals surface area contributed by atoms with Gasteiger partial charge in [-0.25, -0.2) is 4.79 Å². The topological polar surface area (TPSA) is 84.7 Å². The van der Waals surface area contributed by atoms with Crippen LogP contribution in [0.5, 0.6) is 0 Å². The summed E-state index contributed by atoms with van der Waals surface area (Å²) in [5.41, 5.74) is 6.26. The summed E-state index contributed by atoms with van der Waals surface area (Å²) in [4.78, 5) is 26.3. The number of nitrogens with one attached hydrogen (secondary N) is 1. The molecule has 1 heterocycles. The number of anilines is 1. The Balaban J connectivity index is 1.89. The van der Waals surface area contributed by atoms with Crippen LogP contribution < -0.4 is 11.1 Å². The molecule has 1 aromatic rings. The molecule has 1 fully saturated rings. The zero-order chi connectivity index (χ0) is 18.6. The Kier molecular flexibility index (Phi) is 6.32. The average molecular weight is 412 g/mol. The van der Waals surface area contributed by atoms with Crippen LogP contribution >= 0.6 is 15.9 Å². The first-order chi connectivity index (χ1) is 11.7. The number of piperidine rings is 1. The number of rotatable bonds is 3. The number of benzene rings is 1. The second-order valence-electron chi connectivity index (χ2n) is 7.38. The quantitative estimate of drug-likeness (QED) is 0.746. The van der Waals surface area contributed by atoms with E-state index in [1.54, 1.807) is 23.1 Å². The number of carbonyl (C=O) groups excluding carboxylic acids is 2. The second kappa shape index (κ2) is 8.08. The molecule has 0 spiro atoms. The molecule has 6 nitrogen and oxygen atoms in total. The van der Waals surface area contributed by atoms with Crippen LogP contribution in [0, 0.1) is 5.92 Å². The van der Waals surface area contributed by atoms with Gasteiger partial charge in [-0.1, -0.05) is 15.9 Å². The van der Waals surface area contributed by atoms with Gasteiger partial charge >= 0.3 is 6.09 Å². The summed E-state index contributed by atoms with van der Waals surface area (Å²) >= 11 is 3.35. The molecule has 1 aliphatic rings. The van der Waals surface area contributed by atoms with E-state index in [9.17, 15) is 9.59 Å². The molecule has 0 unspecified atom stereocenters. The number of likely N-dealkylation sites (tertiary alicyclic amines) is 1. The number of ether oxygens (including phenoxy) is 1. The molecular formula is C18H26BrN3O3. The van der Waals surface area contributed by atoms with Crippen molar-refractivity contribution in [1.29, 1.82) is 0 Å². The molecule has 3 N–H and O–H groups in total. The minimum absolute atomic E-state index is 0.201. The first kappa shape index (κ1) is 19.6. The highest BCUT2D eigenvalue weighted by Gasteiger charge is 2.27. The summed E-state index contributed by atoms with van der Waals surface area (Å²) in [6, 6.07) is 5.20. The molecule has 0 radical (unpaired) electrons. The van der Waals surface area contributed by atoms with E-state index < -0.39 is 5.60 Å². The first-order valence-corrected chi connectivity index (χ1v) is 9.26. The van der Waals surface area contributed by atoms with Crippen LogP contribution in [0.4, 0.5) is 10.5 Å². The van der Waals surface area contributed by atoms with Crippen LogP contribution in [0.25, 0.3) is 0 Å². The van der Waals surface area contributed by atoms with Gasteiger partial charge in [-0.05, 0) is 57.7 Å². The van der Waals surface area contributed by atoms with Crippen molar-refractivity contribution < 1.29 is 14.3 Å². The first-order valence-electron chi connectivity index (χ1n) is 8.47. The number of hydrogen-bond donors (Lipinski definition) is 2. The highest BCUT2D eigenvalue weighted by molar-refractivity contribution is 9.10. The van der Waals surface area contributed by atoms with Gasteiger partial charge < -0.3 is 20.7 Å². The molecule has 0 aromatic heterocycles. The Bertz CT molecular complexity index is 643. The Morgan fingerprint density at radius 3 is 2.80 bits per heavy atom. The van der Waals surface area contributed by atoms with Crippen LogP contribution in [-0.4, -0.2) is 42.1 Å². The maximum atomic E-state index is 12.3. The largest absolute Gasteiger partial charge is 0.444 e. The van der Waals surface area contributed by atoms with Gasteiger partial charge in [0.15, 0.2) is 0 Å². The maximum Gasteiger partial charge on any atom is 0.410 e. The number of hydrogen-bond acceptors (Lipinski definition) is 4. The smallest absolute Gasteiger partial charge is 0.410 e. The summed E-state index contributed by atoms with van der Waals surface area (Å²) < 4.78 is 6.23. The summed E-state index contributed by atoms with van der Waals surface area (Å²) in [6.07, 6.45) is 1.58. The minimum atomic E-state index is -0.504. The molecule has 0 aliphatic carbocycles. The molecule has 1 saturated heterocycles. The minimum Gasteiger partial charge on any atom is -0.444 e. The van der Waals surface area contributed by atoms with Crippen LogP contribution in [0.1, 0.15) is 44.0 Å². The van der Waals surface area contributed by atoms with Crippen LogP contribution in [-0.2, 0) is 4.74 Å². The molecule has 7 heteroatoms. The maximum absolute atomic E-state index is 12.3. The lowest BCUT2D eigenvalue weighted by Gasteiger charge is -2.34. The highest BCUT2D eigenvalue weighted by Crippen LogP contribution is 2.20. The molecule has 25 heavy (non-hydrogen) atoms. The Hall–Kier alpha value is -1.76. The summed E-state index contributed by atoms with van der Waals surface area (Å²) in [5.74, 6) is 0.00628. The van der Waals surface area contributed by atoms with Crippen molar-refractivity contribution in [1.82, 2.24) is 10.2 Å². The van der Waals surface area contributed by atoms with Gasteiger partial charge in [-0.3, -0.25) is 4.79 Å². The van der Waals surface area contributed by atoms with E-state index in [1.807, 2.05) is 20.8 Å². The van der Waals surface area contributed by atoms with Crippen molar-refractivity contribution in [2.24, 2.45) is 5.92 Å². The lowest BCUT2D eigenvalue weighted by Crippen LogP contribution is -2.45. The van der Waals surface area contributed by atoms with Gasteiger partial charge in [0, 0.05) is 29.8 Å². The monoisotopic (exact) mass is 411 g/mol. The normalized spacial score (nSPS) is 17.9. The standard InChI is InChI=1S/C18H26BrN3O3/c1-18(2,3)25-17(24)22-8-4-5-12(11-22)10-21-16(23)14-9-13(19)6-7-15(14)20/h6-7,9,12H,4-5,8,10-11,20H2,1-3H3,(H,21,23)/t12-/m1/s1. The van der Waals surface area contributed by atoms with Gasteiger partial charge in [0.2, 0.25) is 0 Å². The van der Waals surface area contributed by atoms with E-state index in [-0.39, 0.29) is 17.9 Å². The van der Waals surface area contributed by atoms with Gasteiger partial charge in [-0.2, -0.15) is 0 Å². The third-order valence-corrected chi connectivity index (χ3v) is 4.48. The number of nitrogen functional groups attached to an aromatic ring is 1. The predicted octanol–water partition coefficient (Wildman–Crippen LogP) is 3.41. The third kappa shape index (κ3) is 5.92. The Morgan fingerprint density at radius 2 is 2.12 bits per heavy atom. The van der Waals surface area contributed by atoms with Crippen LogP contribution in [0.3, 0.4) is 0 Å². The van der Waals surface area contributed by atoms with Gasteiger partial charge in [0.25, 0.3) is 5.91 Å². The van der Waals surface area contributed by atoms with Gasteiger partial charge in [0.1, 0.15) is 5.60 Å². The Morgan fingerprint density at radius 1 is 1.40 bits per heavy atom. The fourth-order valence-electron chi connectivity index (χ4n) is 2.78. The van der Waals surface area contributed by atoms with E-state index in [0.29, 0.717) is 30.9 Å². The fourth-order valence-corrected chi connectivity index (χ4v) is 3.14. The number of nitrogens with zero attached hydrogens (tertiary/aromatic N) is 1. The summed E-state index contributed by atoms with van der Waals surface area (Å²) in [5, 5.41) is 2.93. The van der Waals surface area contributed by atoms with Crippen molar-refractivity contribution in [2.45, 2.75) is 39.2 Å². The molecule has 2 amide bonds. The van der Waals surface area contributed by atoms with Gasteiger partial charge in [0.05, 0.1) is 5.56 Å². The van der Waals surface area contributed by atoms with Gasteiger partial charge in [-0.15, -0.1) is 0 Å². The molecule has 2 rings (SSSR count). The lowest BCUT2D eigenvalue weighted by molar-refractivity contribution is 0.0167. The molecule has 1 aromatic carbocycles. The molecule has 138 valence electrons. The molecule has 1 aliphatic heterocycles. The second-order valence-corrected chi connectivity index (χ2v) is 8.29. The van der Waals surface area contributed by atoms with Crippen molar-refractivity contribution >= 4 is 33.6 Å². The summed E-state index contributed by atoms with van der Waals surface area (Å²) in [7, 11) is 0. The zero-order valence-electron chi connectivity index (χ0n) is 15.0. The van der Waals surface area contributed by atoms with Crippen molar-refractivity contribution in [3.8, 4) is 0 Å². The molecule has 0 saturated carbocycles. The zero-order valence-corrected chi connectivity index (χ0v) is 16.6. The van der Waals surface area contributed by atoms with E-state index in [4.69, 9.17) is 10.5 Å². The Labute approximate surface area is 157 Å². The SMILES string of the molecule is CC(C)(C)OC(=O)N1CCC[C@H](CNC(=O)c2cc(Br)ccc2N)C1. The van der Waals surface area contributed by atoms with Crippen LogP contribution in [0.2, 0.25) is 0 Å². The average Bonchev–Trinajstić information content (AvgIpc) is 2.53.